The minimum atomic E-state index is 0.994. The Bertz CT molecular complexity index is 1060. The van der Waals surface area contributed by atoms with Crippen LogP contribution in [0.1, 0.15) is 11.3 Å². The van der Waals surface area contributed by atoms with E-state index in [4.69, 9.17) is 0 Å². The van der Waals surface area contributed by atoms with Gasteiger partial charge in [-0.2, -0.15) is 0 Å². The molecule has 24 heavy (non-hydrogen) atoms. The summed E-state index contributed by atoms with van der Waals surface area (Å²) in [6.45, 7) is 7.84. The first-order chi connectivity index (χ1) is 11.7. The first-order valence-corrected chi connectivity index (χ1v) is 7.92. The number of hydrogen-bond donors (Lipinski definition) is 2. The van der Waals surface area contributed by atoms with Crippen molar-refractivity contribution in [3.8, 4) is 22.3 Å². The number of aromatic amines is 2. The van der Waals surface area contributed by atoms with Gasteiger partial charge < -0.3 is 14.5 Å². The van der Waals surface area contributed by atoms with Crippen LogP contribution in [0.2, 0.25) is 0 Å². The molecule has 0 saturated carbocycles. The molecule has 0 bridgehead atoms. The summed E-state index contributed by atoms with van der Waals surface area (Å²) < 4.78 is 2.10. The smallest absolute Gasteiger partial charge is 0.0460 e. The molecule has 0 saturated heterocycles. The van der Waals surface area contributed by atoms with Gasteiger partial charge >= 0.3 is 0 Å². The van der Waals surface area contributed by atoms with Crippen molar-refractivity contribution in [1.82, 2.24) is 14.5 Å². The number of rotatable bonds is 4. The number of nitrogens with one attached hydrogen (secondary N) is 2. The quantitative estimate of drug-likeness (QED) is 0.502. The number of nitrogens with zero attached hydrogens (tertiary/aromatic N) is 1. The summed E-state index contributed by atoms with van der Waals surface area (Å²) in [7, 11) is 2.05. The maximum atomic E-state index is 3.97. The zero-order valence-corrected chi connectivity index (χ0v) is 13.6. The average molecular weight is 313 g/mol. The molecule has 118 valence electrons. The van der Waals surface area contributed by atoms with Crippen LogP contribution in [0, 0.1) is 0 Å². The average Bonchev–Trinajstić information content (AvgIpc) is 3.29. The predicted molar refractivity (Wildman–Crippen MR) is 103 cm³/mol. The normalized spacial score (nSPS) is 11.0. The summed E-state index contributed by atoms with van der Waals surface area (Å²) in [6.07, 6.45) is 12.1. The van der Waals surface area contributed by atoms with Crippen LogP contribution >= 0.6 is 0 Å². The Labute approximate surface area is 141 Å². The molecule has 3 nitrogen and oxygen atoms in total. The highest BCUT2D eigenvalue weighted by atomic mass is 14.9. The fourth-order valence-electron chi connectivity index (χ4n) is 3.37. The first-order valence-electron chi connectivity index (χ1n) is 7.92. The van der Waals surface area contributed by atoms with Gasteiger partial charge in [0.2, 0.25) is 0 Å². The van der Waals surface area contributed by atoms with Gasteiger partial charge in [-0.05, 0) is 12.1 Å². The van der Waals surface area contributed by atoms with Crippen LogP contribution in [0.4, 0.5) is 0 Å². The maximum Gasteiger partial charge on any atom is 0.0460 e. The van der Waals surface area contributed by atoms with Crippen molar-refractivity contribution in [2.24, 2.45) is 7.05 Å². The van der Waals surface area contributed by atoms with E-state index in [0.717, 1.165) is 22.3 Å². The van der Waals surface area contributed by atoms with Crippen LogP contribution in [0.3, 0.4) is 0 Å². The van der Waals surface area contributed by atoms with Gasteiger partial charge in [0.05, 0.1) is 0 Å². The number of fused-ring (bicyclic) bond motifs is 1. The summed E-state index contributed by atoms with van der Waals surface area (Å²) in [5.41, 5.74) is 7.95. The lowest BCUT2D eigenvalue weighted by Gasteiger charge is -2.04. The van der Waals surface area contributed by atoms with Gasteiger partial charge in [-0.3, -0.25) is 0 Å². The second-order valence-electron chi connectivity index (χ2n) is 5.94. The molecular weight excluding hydrogens is 294 g/mol. The van der Waals surface area contributed by atoms with E-state index < -0.39 is 0 Å². The summed E-state index contributed by atoms with van der Waals surface area (Å²) in [6, 6.07) is 8.37. The molecule has 0 aliphatic rings. The van der Waals surface area contributed by atoms with E-state index in [9.17, 15) is 0 Å². The molecular formula is C21H19N3. The Balaban J connectivity index is 1.98. The van der Waals surface area contributed by atoms with Crippen LogP contribution in [0.25, 0.3) is 45.3 Å². The van der Waals surface area contributed by atoms with Gasteiger partial charge in [0.1, 0.15) is 0 Å². The number of aromatic nitrogens is 3. The number of H-pyrrole nitrogens is 2. The van der Waals surface area contributed by atoms with Crippen LogP contribution in [-0.4, -0.2) is 14.5 Å². The fourth-order valence-corrected chi connectivity index (χ4v) is 3.37. The van der Waals surface area contributed by atoms with Gasteiger partial charge in [-0.25, -0.2) is 0 Å². The second-order valence-corrected chi connectivity index (χ2v) is 5.94. The zero-order valence-electron chi connectivity index (χ0n) is 13.6. The van der Waals surface area contributed by atoms with E-state index in [1.54, 1.807) is 0 Å². The third kappa shape index (κ3) is 2.06. The predicted octanol–water partition coefficient (Wildman–Crippen LogP) is 5.45. The molecule has 0 fully saturated rings. The summed E-state index contributed by atoms with van der Waals surface area (Å²) in [5.74, 6) is 0. The van der Waals surface area contributed by atoms with Crippen molar-refractivity contribution >= 4 is 23.1 Å². The Kier molecular flexibility index (Phi) is 3.28. The largest absolute Gasteiger partial charge is 0.361 e. The number of hydrogen-bond acceptors (Lipinski definition) is 0. The molecule has 4 rings (SSSR count). The standard InChI is InChI=1S/C21H19N3/c1-4-14-16(10-22-20(14)5-2)18-12-24(3)13-19(18)17-11-23-21-9-7-6-8-15(17)21/h4-13,22-23H,1-2H2,3H3. The third-order valence-electron chi connectivity index (χ3n) is 4.49. The van der Waals surface area contributed by atoms with Crippen molar-refractivity contribution in [3.05, 3.63) is 73.5 Å². The van der Waals surface area contributed by atoms with Crippen LogP contribution in [0.15, 0.2) is 62.2 Å². The summed E-state index contributed by atoms with van der Waals surface area (Å²) in [5, 5.41) is 1.23. The van der Waals surface area contributed by atoms with E-state index in [2.05, 4.69) is 71.5 Å². The second kappa shape index (κ2) is 5.46. The van der Waals surface area contributed by atoms with Crippen LogP contribution < -0.4 is 0 Å². The Morgan fingerprint density at radius 3 is 2.33 bits per heavy atom. The molecule has 0 aliphatic heterocycles. The minimum Gasteiger partial charge on any atom is -0.361 e. The lowest BCUT2D eigenvalue weighted by molar-refractivity contribution is 0.929. The highest BCUT2D eigenvalue weighted by molar-refractivity contribution is 6.00. The number of aryl methyl sites for hydroxylation is 1. The summed E-state index contributed by atoms with van der Waals surface area (Å²) in [4.78, 5) is 6.65. The Morgan fingerprint density at radius 1 is 0.875 bits per heavy atom. The van der Waals surface area contributed by atoms with E-state index in [1.807, 2.05) is 24.4 Å². The lowest BCUT2D eigenvalue weighted by Crippen LogP contribution is -1.81. The maximum absolute atomic E-state index is 3.97. The molecule has 0 radical (unpaired) electrons. The monoisotopic (exact) mass is 313 g/mol. The molecule has 0 spiro atoms. The number of para-hydroxylation sites is 1. The van der Waals surface area contributed by atoms with Gasteiger partial charge in [0.25, 0.3) is 0 Å². The Hall–Kier alpha value is -3.20. The van der Waals surface area contributed by atoms with Crippen LogP contribution in [-0.2, 0) is 7.05 Å². The SMILES string of the molecule is C=Cc1[nH]cc(-c2cn(C)cc2-c2c[nH]c3ccccc23)c1C=C. The van der Waals surface area contributed by atoms with E-state index in [-0.39, 0.29) is 0 Å². The highest BCUT2D eigenvalue weighted by Gasteiger charge is 2.17. The van der Waals surface area contributed by atoms with Gasteiger partial charge in [0, 0.05) is 76.2 Å². The van der Waals surface area contributed by atoms with Crippen molar-refractivity contribution in [2.75, 3.05) is 0 Å². The van der Waals surface area contributed by atoms with Crippen molar-refractivity contribution in [2.45, 2.75) is 0 Å². The minimum absolute atomic E-state index is 0.994. The van der Waals surface area contributed by atoms with E-state index in [1.165, 1.54) is 22.1 Å². The topological polar surface area (TPSA) is 36.5 Å². The molecule has 4 aromatic rings. The van der Waals surface area contributed by atoms with Gasteiger partial charge in [-0.15, -0.1) is 0 Å². The fraction of sp³-hybridized carbons (Fsp3) is 0.0476. The highest BCUT2D eigenvalue weighted by Crippen LogP contribution is 2.39. The van der Waals surface area contributed by atoms with Gasteiger partial charge in [-0.1, -0.05) is 37.4 Å². The molecule has 3 aromatic heterocycles. The molecule has 0 unspecified atom stereocenters. The third-order valence-corrected chi connectivity index (χ3v) is 4.49. The van der Waals surface area contributed by atoms with Crippen molar-refractivity contribution < 1.29 is 0 Å². The van der Waals surface area contributed by atoms with E-state index >= 15 is 0 Å². The van der Waals surface area contributed by atoms with Crippen molar-refractivity contribution in [3.63, 3.8) is 0 Å². The van der Waals surface area contributed by atoms with Crippen molar-refractivity contribution in [1.29, 1.82) is 0 Å². The molecule has 2 N–H and O–H groups in total. The molecule has 3 heteroatoms. The van der Waals surface area contributed by atoms with Gasteiger partial charge in [0.15, 0.2) is 0 Å². The Morgan fingerprint density at radius 2 is 1.58 bits per heavy atom. The number of benzene rings is 1. The lowest BCUT2D eigenvalue weighted by atomic mass is 9.97. The summed E-state index contributed by atoms with van der Waals surface area (Å²) >= 11 is 0. The first kappa shape index (κ1) is 14.4. The molecule has 0 amide bonds. The molecule has 3 heterocycles. The molecule has 0 atom stereocenters. The zero-order chi connectivity index (χ0) is 16.7. The molecule has 0 aliphatic carbocycles. The van der Waals surface area contributed by atoms with Crippen LogP contribution in [0.5, 0.6) is 0 Å². The van der Waals surface area contributed by atoms with E-state index in [0.29, 0.717) is 0 Å². The molecule has 1 aromatic carbocycles.